The summed E-state index contributed by atoms with van der Waals surface area (Å²) in [6.07, 6.45) is 1.20. The van der Waals surface area contributed by atoms with E-state index in [-0.39, 0.29) is 12.6 Å². The van der Waals surface area contributed by atoms with Crippen LogP contribution in [0, 0.1) is 5.92 Å². The average molecular weight is 277 g/mol. The standard InChI is InChI=1S/C16H23NO3/c18-10-14-7-15(19)16(20)9-17(14)8-11-5-12-3-1-2-4-13(12)6-11/h1-4,11,14-16,18-20H,5-10H2/t14-,15?,16+/m1/s1. The van der Waals surface area contributed by atoms with E-state index in [0.29, 0.717) is 18.9 Å². The maximum absolute atomic E-state index is 9.84. The lowest BCUT2D eigenvalue weighted by atomic mass is 9.95. The van der Waals surface area contributed by atoms with Crippen LogP contribution in [0.5, 0.6) is 0 Å². The van der Waals surface area contributed by atoms with Crippen molar-refractivity contribution in [3.05, 3.63) is 35.4 Å². The van der Waals surface area contributed by atoms with Crippen LogP contribution in [0.1, 0.15) is 17.5 Å². The summed E-state index contributed by atoms with van der Waals surface area (Å²) in [6, 6.07) is 8.51. The Morgan fingerprint density at radius 2 is 1.70 bits per heavy atom. The minimum absolute atomic E-state index is 0.0305. The highest BCUT2D eigenvalue weighted by molar-refractivity contribution is 5.32. The van der Waals surface area contributed by atoms with E-state index in [1.807, 2.05) is 0 Å². The summed E-state index contributed by atoms with van der Waals surface area (Å²) in [4.78, 5) is 2.15. The van der Waals surface area contributed by atoms with Crippen LogP contribution < -0.4 is 0 Å². The molecule has 0 bridgehead atoms. The van der Waals surface area contributed by atoms with E-state index in [0.717, 1.165) is 19.4 Å². The number of aliphatic hydroxyl groups excluding tert-OH is 3. The van der Waals surface area contributed by atoms with Gasteiger partial charge in [0.1, 0.15) is 0 Å². The number of β-amino-alcohol motifs (C(OH)–C–C–N with tert-alkyl or cyclic N) is 1. The van der Waals surface area contributed by atoms with Crippen LogP contribution in [-0.4, -0.2) is 58.2 Å². The number of hydrogen-bond donors (Lipinski definition) is 3. The molecule has 4 heteroatoms. The molecule has 0 spiro atoms. The minimum atomic E-state index is -0.704. The molecule has 0 radical (unpaired) electrons. The third-order valence-electron chi connectivity index (χ3n) is 4.73. The monoisotopic (exact) mass is 277 g/mol. The third-order valence-corrected chi connectivity index (χ3v) is 4.73. The molecule has 1 aromatic rings. The normalized spacial score (nSPS) is 31.4. The van der Waals surface area contributed by atoms with Crippen molar-refractivity contribution < 1.29 is 15.3 Å². The number of piperidine rings is 1. The lowest BCUT2D eigenvalue weighted by molar-refractivity contribution is -0.0742. The van der Waals surface area contributed by atoms with Gasteiger partial charge in [0.15, 0.2) is 0 Å². The first-order chi connectivity index (χ1) is 9.67. The lowest BCUT2D eigenvalue weighted by Gasteiger charge is -2.40. The van der Waals surface area contributed by atoms with Gasteiger partial charge < -0.3 is 15.3 Å². The van der Waals surface area contributed by atoms with E-state index >= 15 is 0 Å². The third kappa shape index (κ3) is 2.74. The van der Waals surface area contributed by atoms with Crippen molar-refractivity contribution in [2.75, 3.05) is 19.7 Å². The molecule has 3 N–H and O–H groups in total. The zero-order valence-electron chi connectivity index (χ0n) is 11.7. The fraction of sp³-hybridized carbons (Fsp3) is 0.625. The highest BCUT2D eigenvalue weighted by Gasteiger charge is 2.35. The molecule has 1 aliphatic heterocycles. The Morgan fingerprint density at radius 1 is 1.05 bits per heavy atom. The van der Waals surface area contributed by atoms with Gasteiger partial charge in [-0.15, -0.1) is 0 Å². The molecule has 1 saturated heterocycles. The first-order valence-electron chi connectivity index (χ1n) is 7.45. The lowest BCUT2D eigenvalue weighted by Crippen LogP contribution is -2.54. The molecule has 110 valence electrons. The molecule has 1 aliphatic carbocycles. The van der Waals surface area contributed by atoms with E-state index in [2.05, 4.69) is 29.2 Å². The molecule has 0 amide bonds. The molecule has 0 saturated carbocycles. The summed E-state index contributed by atoms with van der Waals surface area (Å²) in [5.41, 5.74) is 2.85. The van der Waals surface area contributed by atoms with E-state index in [1.165, 1.54) is 11.1 Å². The molecular weight excluding hydrogens is 254 g/mol. The summed E-state index contributed by atoms with van der Waals surface area (Å²) < 4.78 is 0. The summed E-state index contributed by atoms with van der Waals surface area (Å²) in [6.45, 7) is 1.38. The first-order valence-corrected chi connectivity index (χ1v) is 7.45. The Kier molecular flexibility index (Phi) is 4.08. The molecule has 1 heterocycles. The quantitative estimate of drug-likeness (QED) is 0.738. The van der Waals surface area contributed by atoms with Crippen molar-refractivity contribution in [3.63, 3.8) is 0 Å². The van der Waals surface area contributed by atoms with Crippen LogP contribution in [0.3, 0.4) is 0 Å². The van der Waals surface area contributed by atoms with Crippen LogP contribution in [-0.2, 0) is 12.8 Å². The number of benzene rings is 1. The summed E-state index contributed by atoms with van der Waals surface area (Å²) in [5.74, 6) is 0.545. The van der Waals surface area contributed by atoms with Gasteiger partial charge in [0.25, 0.3) is 0 Å². The fourth-order valence-electron chi connectivity index (χ4n) is 3.62. The molecule has 3 rings (SSSR count). The average Bonchev–Trinajstić information content (AvgIpc) is 2.84. The first kappa shape index (κ1) is 14.0. The van der Waals surface area contributed by atoms with Gasteiger partial charge in [0, 0.05) is 19.1 Å². The number of hydrogen-bond acceptors (Lipinski definition) is 4. The predicted octanol–water partition coefficient (Wildman–Crippen LogP) is 0.190. The summed E-state index contributed by atoms with van der Waals surface area (Å²) in [7, 11) is 0. The molecule has 2 aliphatic rings. The summed E-state index contributed by atoms with van der Waals surface area (Å²) in [5, 5.41) is 29.0. The van der Waals surface area contributed by atoms with Crippen molar-refractivity contribution in [1.82, 2.24) is 4.90 Å². The van der Waals surface area contributed by atoms with Crippen LogP contribution in [0.4, 0.5) is 0 Å². The van der Waals surface area contributed by atoms with E-state index in [1.54, 1.807) is 0 Å². The van der Waals surface area contributed by atoms with Gasteiger partial charge in [0.05, 0.1) is 18.8 Å². The smallest absolute Gasteiger partial charge is 0.0926 e. The van der Waals surface area contributed by atoms with Crippen molar-refractivity contribution in [3.8, 4) is 0 Å². The van der Waals surface area contributed by atoms with Gasteiger partial charge in [-0.25, -0.2) is 0 Å². The number of fused-ring (bicyclic) bond motifs is 1. The Hall–Kier alpha value is -0.940. The van der Waals surface area contributed by atoms with Gasteiger partial charge in [-0.05, 0) is 36.3 Å². The van der Waals surface area contributed by atoms with Crippen molar-refractivity contribution in [2.24, 2.45) is 5.92 Å². The van der Waals surface area contributed by atoms with Crippen molar-refractivity contribution in [2.45, 2.75) is 37.5 Å². The molecule has 1 fully saturated rings. The van der Waals surface area contributed by atoms with Crippen molar-refractivity contribution in [1.29, 1.82) is 0 Å². The predicted molar refractivity (Wildman–Crippen MR) is 76.4 cm³/mol. The molecular formula is C16H23NO3. The number of aliphatic hydroxyl groups is 3. The highest BCUT2D eigenvalue weighted by Crippen LogP contribution is 2.29. The highest BCUT2D eigenvalue weighted by atomic mass is 16.3. The second-order valence-electron chi connectivity index (χ2n) is 6.20. The maximum Gasteiger partial charge on any atom is 0.0926 e. The van der Waals surface area contributed by atoms with Crippen molar-refractivity contribution >= 4 is 0 Å². The largest absolute Gasteiger partial charge is 0.395 e. The zero-order chi connectivity index (χ0) is 14.1. The zero-order valence-corrected chi connectivity index (χ0v) is 11.7. The van der Waals surface area contributed by atoms with E-state index < -0.39 is 12.2 Å². The van der Waals surface area contributed by atoms with Gasteiger partial charge >= 0.3 is 0 Å². The molecule has 20 heavy (non-hydrogen) atoms. The summed E-state index contributed by atoms with van der Waals surface area (Å²) >= 11 is 0. The molecule has 4 nitrogen and oxygen atoms in total. The molecule has 0 aromatic heterocycles. The van der Waals surface area contributed by atoms with Gasteiger partial charge in [0.2, 0.25) is 0 Å². The minimum Gasteiger partial charge on any atom is -0.395 e. The van der Waals surface area contributed by atoms with Gasteiger partial charge in [-0.2, -0.15) is 0 Å². The number of likely N-dealkylation sites (tertiary alicyclic amines) is 1. The Bertz CT molecular complexity index is 440. The van der Waals surface area contributed by atoms with Crippen LogP contribution in [0.2, 0.25) is 0 Å². The number of rotatable bonds is 3. The second kappa shape index (κ2) is 5.82. The van der Waals surface area contributed by atoms with E-state index in [4.69, 9.17) is 0 Å². The maximum atomic E-state index is 9.84. The van der Waals surface area contributed by atoms with E-state index in [9.17, 15) is 15.3 Å². The van der Waals surface area contributed by atoms with Gasteiger partial charge in [-0.1, -0.05) is 24.3 Å². The van der Waals surface area contributed by atoms with Crippen LogP contribution >= 0.6 is 0 Å². The molecule has 1 aromatic carbocycles. The second-order valence-corrected chi connectivity index (χ2v) is 6.20. The van der Waals surface area contributed by atoms with Crippen LogP contribution in [0.15, 0.2) is 24.3 Å². The molecule has 1 unspecified atom stereocenters. The molecule has 3 atom stereocenters. The SMILES string of the molecule is OC[C@H]1CC(O)[C@@H](O)CN1CC1Cc2ccccc2C1. The Labute approximate surface area is 119 Å². The van der Waals surface area contributed by atoms with Gasteiger partial charge in [-0.3, -0.25) is 4.90 Å². The number of nitrogens with zero attached hydrogens (tertiary/aromatic N) is 1. The topological polar surface area (TPSA) is 63.9 Å². The van der Waals surface area contributed by atoms with Crippen LogP contribution in [0.25, 0.3) is 0 Å². The Morgan fingerprint density at radius 3 is 2.30 bits per heavy atom. The Balaban J connectivity index is 1.63. The fourth-order valence-corrected chi connectivity index (χ4v) is 3.62.